The highest BCUT2D eigenvalue weighted by Gasteiger charge is 2.19. The molecule has 1 heterocycles. The molecule has 7 heteroatoms. The highest BCUT2D eigenvalue weighted by Crippen LogP contribution is 2.29. The highest BCUT2D eigenvalue weighted by molar-refractivity contribution is 6.08. The standard InChI is InChI=1S/C23H19N3O4/c1-28-16-9-7-8-15(14-16)21-25-23(30-26-21)18-11-4-3-10-17(18)22(27)24-19-12-5-6-13-20(19)29-2/h3-14H,1-2H3,(H,24,27). The van der Waals surface area contributed by atoms with Crippen LogP contribution in [0, 0.1) is 0 Å². The molecular weight excluding hydrogens is 382 g/mol. The number of rotatable bonds is 6. The second-order valence-electron chi connectivity index (χ2n) is 6.36. The topological polar surface area (TPSA) is 86.5 Å². The molecule has 0 bridgehead atoms. The maximum atomic E-state index is 13.0. The van der Waals surface area contributed by atoms with Crippen LogP contribution in [0.1, 0.15) is 10.4 Å². The van der Waals surface area contributed by atoms with E-state index in [0.29, 0.717) is 34.1 Å². The number of hydrogen-bond donors (Lipinski definition) is 1. The first-order chi connectivity index (χ1) is 14.7. The first-order valence-electron chi connectivity index (χ1n) is 9.21. The molecule has 0 saturated heterocycles. The van der Waals surface area contributed by atoms with Crippen LogP contribution >= 0.6 is 0 Å². The third kappa shape index (κ3) is 3.86. The van der Waals surface area contributed by atoms with Crippen molar-refractivity contribution in [1.29, 1.82) is 0 Å². The van der Waals surface area contributed by atoms with Gasteiger partial charge in [0.05, 0.1) is 31.0 Å². The van der Waals surface area contributed by atoms with Gasteiger partial charge in [0.1, 0.15) is 11.5 Å². The molecule has 0 saturated carbocycles. The maximum Gasteiger partial charge on any atom is 0.259 e. The monoisotopic (exact) mass is 401 g/mol. The Morgan fingerprint density at radius 1 is 0.933 bits per heavy atom. The SMILES string of the molecule is COc1cccc(-c2noc(-c3ccccc3C(=O)Nc3ccccc3OC)n2)c1. The molecule has 4 aromatic rings. The molecule has 0 aliphatic heterocycles. The number of ether oxygens (including phenoxy) is 2. The fourth-order valence-electron chi connectivity index (χ4n) is 3.02. The van der Waals surface area contributed by atoms with Crippen molar-refractivity contribution in [3.63, 3.8) is 0 Å². The van der Waals surface area contributed by atoms with Gasteiger partial charge < -0.3 is 19.3 Å². The Balaban J connectivity index is 1.65. The van der Waals surface area contributed by atoms with Gasteiger partial charge in [-0.2, -0.15) is 4.98 Å². The maximum absolute atomic E-state index is 13.0. The molecule has 0 aliphatic carbocycles. The van der Waals surface area contributed by atoms with Crippen LogP contribution in [0.15, 0.2) is 77.3 Å². The average molecular weight is 401 g/mol. The van der Waals surface area contributed by atoms with Crippen LogP contribution in [0.3, 0.4) is 0 Å². The van der Waals surface area contributed by atoms with E-state index in [1.165, 1.54) is 0 Å². The number of aromatic nitrogens is 2. The van der Waals surface area contributed by atoms with Gasteiger partial charge in [-0.15, -0.1) is 0 Å². The Bertz CT molecular complexity index is 1190. The second kappa shape index (κ2) is 8.48. The average Bonchev–Trinajstić information content (AvgIpc) is 3.30. The molecule has 1 aromatic heterocycles. The first-order valence-corrected chi connectivity index (χ1v) is 9.21. The molecule has 3 aromatic carbocycles. The van der Waals surface area contributed by atoms with E-state index in [1.807, 2.05) is 42.5 Å². The minimum Gasteiger partial charge on any atom is -0.497 e. The molecule has 0 unspecified atom stereocenters. The van der Waals surface area contributed by atoms with Crippen molar-refractivity contribution in [3.05, 3.63) is 78.4 Å². The van der Waals surface area contributed by atoms with Crippen LogP contribution in [0.4, 0.5) is 5.69 Å². The fraction of sp³-hybridized carbons (Fsp3) is 0.0870. The third-order valence-corrected chi connectivity index (χ3v) is 4.51. The number of anilines is 1. The van der Waals surface area contributed by atoms with Gasteiger partial charge in [-0.1, -0.05) is 41.6 Å². The predicted molar refractivity (Wildman–Crippen MR) is 113 cm³/mol. The number of hydrogen-bond acceptors (Lipinski definition) is 6. The van der Waals surface area contributed by atoms with Crippen LogP contribution in [-0.2, 0) is 0 Å². The summed E-state index contributed by atoms with van der Waals surface area (Å²) in [6.45, 7) is 0. The predicted octanol–water partition coefficient (Wildman–Crippen LogP) is 4.67. The summed E-state index contributed by atoms with van der Waals surface area (Å²) >= 11 is 0. The smallest absolute Gasteiger partial charge is 0.259 e. The fourth-order valence-corrected chi connectivity index (χ4v) is 3.02. The van der Waals surface area contributed by atoms with E-state index in [1.54, 1.807) is 44.6 Å². The zero-order valence-electron chi connectivity index (χ0n) is 16.5. The summed E-state index contributed by atoms with van der Waals surface area (Å²) in [4.78, 5) is 17.4. The van der Waals surface area contributed by atoms with E-state index in [0.717, 1.165) is 5.56 Å². The second-order valence-corrected chi connectivity index (χ2v) is 6.36. The number of amides is 1. The van der Waals surface area contributed by atoms with Crippen molar-refractivity contribution in [2.24, 2.45) is 0 Å². The molecule has 0 spiro atoms. The number of benzene rings is 3. The van der Waals surface area contributed by atoms with Crippen molar-refractivity contribution in [1.82, 2.24) is 10.1 Å². The molecule has 1 amide bonds. The van der Waals surface area contributed by atoms with Gasteiger partial charge in [0.15, 0.2) is 0 Å². The number of nitrogens with one attached hydrogen (secondary N) is 1. The number of carbonyl (C=O) groups excluding carboxylic acids is 1. The third-order valence-electron chi connectivity index (χ3n) is 4.51. The Labute approximate surface area is 173 Å². The van der Waals surface area contributed by atoms with Gasteiger partial charge in [-0.25, -0.2) is 0 Å². The van der Waals surface area contributed by atoms with E-state index in [4.69, 9.17) is 14.0 Å². The Hall–Kier alpha value is -4.13. The normalized spacial score (nSPS) is 10.5. The van der Waals surface area contributed by atoms with Gasteiger partial charge >= 0.3 is 0 Å². The zero-order chi connectivity index (χ0) is 20.9. The molecular formula is C23H19N3O4. The molecule has 0 radical (unpaired) electrons. The summed E-state index contributed by atoms with van der Waals surface area (Å²) < 4.78 is 16.0. The van der Waals surface area contributed by atoms with Crippen LogP contribution in [0.2, 0.25) is 0 Å². The minimum atomic E-state index is -0.309. The lowest BCUT2D eigenvalue weighted by Crippen LogP contribution is -2.13. The highest BCUT2D eigenvalue weighted by atomic mass is 16.5. The number of para-hydroxylation sites is 2. The van der Waals surface area contributed by atoms with E-state index in [-0.39, 0.29) is 11.8 Å². The lowest BCUT2D eigenvalue weighted by Gasteiger charge is -2.11. The first kappa shape index (κ1) is 19.2. The molecule has 0 atom stereocenters. The summed E-state index contributed by atoms with van der Waals surface area (Å²) in [6, 6.07) is 21.6. The largest absolute Gasteiger partial charge is 0.497 e. The molecule has 1 N–H and O–H groups in total. The van der Waals surface area contributed by atoms with Crippen molar-refractivity contribution in [2.45, 2.75) is 0 Å². The Kier molecular flexibility index (Phi) is 5.43. The summed E-state index contributed by atoms with van der Waals surface area (Å²) in [5.41, 5.74) is 2.26. The lowest BCUT2D eigenvalue weighted by atomic mass is 10.1. The van der Waals surface area contributed by atoms with Crippen molar-refractivity contribution < 1.29 is 18.8 Å². The van der Waals surface area contributed by atoms with Gasteiger partial charge in [-0.3, -0.25) is 4.79 Å². The van der Waals surface area contributed by atoms with Crippen molar-refractivity contribution in [3.8, 4) is 34.3 Å². The number of carbonyl (C=O) groups is 1. The quantitative estimate of drug-likeness (QED) is 0.505. The van der Waals surface area contributed by atoms with E-state index >= 15 is 0 Å². The number of methoxy groups -OCH3 is 2. The molecule has 150 valence electrons. The van der Waals surface area contributed by atoms with Crippen LogP contribution in [-0.4, -0.2) is 30.3 Å². The lowest BCUT2D eigenvalue weighted by molar-refractivity contribution is 0.102. The number of nitrogens with zero attached hydrogens (tertiary/aromatic N) is 2. The summed E-state index contributed by atoms with van der Waals surface area (Å²) in [7, 11) is 3.15. The molecule has 4 rings (SSSR count). The van der Waals surface area contributed by atoms with E-state index in [2.05, 4.69) is 15.5 Å². The van der Waals surface area contributed by atoms with Crippen molar-refractivity contribution in [2.75, 3.05) is 19.5 Å². The summed E-state index contributed by atoms with van der Waals surface area (Å²) in [5, 5.41) is 6.93. The van der Waals surface area contributed by atoms with Crippen LogP contribution < -0.4 is 14.8 Å². The van der Waals surface area contributed by atoms with Crippen molar-refractivity contribution >= 4 is 11.6 Å². The van der Waals surface area contributed by atoms with Crippen LogP contribution in [0.25, 0.3) is 22.8 Å². The van der Waals surface area contributed by atoms with E-state index < -0.39 is 0 Å². The Morgan fingerprint density at radius 3 is 2.57 bits per heavy atom. The van der Waals surface area contributed by atoms with Gasteiger partial charge in [0, 0.05) is 5.56 Å². The molecule has 0 fully saturated rings. The van der Waals surface area contributed by atoms with Gasteiger partial charge in [-0.05, 0) is 36.4 Å². The molecule has 30 heavy (non-hydrogen) atoms. The zero-order valence-corrected chi connectivity index (χ0v) is 16.5. The summed E-state index contributed by atoms with van der Waals surface area (Å²) in [6.07, 6.45) is 0. The van der Waals surface area contributed by atoms with Gasteiger partial charge in [0.25, 0.3) is 11.8 Å². The molecule has 0 aliphatic rings. The van der Waals surface area contributed by atoms with Crippen LogP contribution in [0.5, 0.6) is 11.5 Å². The van der Waals surface area contributed by atoms with E-state index in [9.17, 15) is 4.79 Å². The molecule has 7 nitrogen and oxygen atoms in total. The Morgan fingerprint density at radius 2 is 1.73 bits per heavy atom. The van der Waals surface area contributed by atoms with Gasteiger partial charge in [0.2, 0.25) is 5.82 Å². The summed E-state index contributed by atoms with van der Waals surface area (Å²) in [5.74, 6) is 1.61. The minimum absolute atomic E-state index is 0.249.